The van der Waals surface area contributed by atoms with Crippen molar-refractivity contribution < 1.29 is 0 Å². The maximum Gasteiger partial charge on any atom is 0.0406 e. The van der Waals surface area contributed by atoms with Crippen LogP contribution in [0, 0.1) is 5.92 Å². The third kappa shape index (κ3) is 4.29. The molecule has 18 heavy (non-hydrogen) atoms. The zero-order chi connectivity index (χ0) is 13.5. The molecule has 0 bridgehead atoms. The molecule has 0 aliphatic carbocycles. The minimum atomic E-state index is 0.429. The second-order valence-corrected chi connectivity index (χ2v) is 5.48. The molecule has 0 aliphatic rings. The lowest BCUT2D eigenvalue weighted by Crippen LogP contribution is -2.35. The number of rotatable bonds is 7. The topological polar surface area (TPSA) is 12.0 Å². The lowest BCUT2D eigenvalue weighted by atomic mass is 9.93. The molecule has 0 aliphatic heterocycles. The van der Waals surface area contributed by atoms with Crippen molar-refractivity contribution in [3.8, 4) is 0 Å². The number of hydrogen-bond acceptors (Lipinski definition) is 1. The van der Waals surface area contributed by atoms with Crippen molar-refractivity contribution in [3.05, 3.63) is 34.9 Å². The molecule has 0 amide bonds. The number of nitrogens with one attached hydrogen (secondary N) is 1. The second kappa shape index (κ2) is 7.81. The smallest absolute Gasteiger partial charge is 0.0406 e. The fourth-order valence-electron chi connectivity index (χ4n) is 2.59. The summed E-state index contributed by atoms with van der Waals surface area (Å²) >= 11 is 5.94. The first-order valence-corrected chi connectivity index (χ1v) is 7.51. The van der Waals surface area contributed by atoms with Gasteiger partial charge >= 0.3 is 0 Å². The summed E-state index contributed by atoms with van der Waals surface area (Å²) < 4.78 is 0. The van der Waals surface area contributed by atoms with Gasteiger partial charge in [0.1, 0.15) is 0 Å². The maximum absolute atomic E-state index is 5.94. The van der Waals surface area contributed by atoms with Gasteiger partial charge in [0.05, 0.1) is 0 Å². The number of halogens is 1. The van der Waals surface area contributed by atoms with Crippen LogP contribution in [0.2, 0.25) is 5.02 Å². The van der Waals surface area contributed by atoms with Crippen LogP contribution in [0.15, 0.2) is 24.3 Å². The van der Waals surface area contributed by atoms with Crippen molar-refractivity contribution >= 4 is 11.6 Å². The Kier molecular flexibility index (Phi) is 6.73. The molecular weight excluding hydrogens is 242 g/mol. The van der Waals surface area contributed by atoms with Crippen molar-refractivity contribution in [2.75, 3.05) is 0 Å². The molecule has 0 saturated heterocycles. The van der Waals surface area contributed by atoms with E-state index < -0.39 is 0 Å². The lowest BCUT2D eigenvalue weighted by Gasteiger charge is -2.28. The Balaban J connectivity index is 2.69. The number of benzene rings is 1. The molecule has 2 unspecified atom stereocenters. The molecular formula is C16H26ClN. The van der Waals surface area contributed by atoms with E-state index in [0.717, 1.165) is 17.4 Å². The summed E-state index contributed by atoms with van der Waals surface area (Å²) in [5.41, 5.74) is 1.33. The van der Waals surface area contributed by atoms with Gasteiger partial charge in [0.15, 0.2) is 0 Å². The van der Waals surface area contributed by atoms with E-state index in [-0.39, 0.29) is 0 Å². The zero-order valence-electron chi connectivity index (χ0n) is 12.0. The van der Waals surface area contributed by atoms with Crippen molar-refractivity contribution in [2.24, 2.45) is 5.92 Å². The Morgan fingerprint density at radius 3 is 2.00 bits per heavy atom. The summed E-state index contributed by atoms with van der Waals surface area (Å²) in [7, 11) is 0. The first-order valence-electron chi connectivity index (χ1n) is 7.13. The highest BCUT2D eigenvalue weighted by molar-refractivity contribution is 6.30. The predicted molar refractivity (Wildman–Crippen MR) is 81.2 cm³/mol. The Morgan fingerprint density at radius 1 is 1.00 bits per heavy atom. The van der Waals surface area contributed by atoms with E-state index in [1.807, 2.05) is 12.1 Å². The minimum Gasteiger partial charge on any atom is -0.307 e. The Hall–Kier alpha value is -0.530. The van der Waals surface area contributed by atoms with Gasteiger partial charge in [0, 0.05) is 17.1 Å². The standard InChI is InChI=1S/C16H26ClN/c1-5-13(6-2)12(4)18-16(7-3)14-8-10-15(17)11-9-14/h8-13,16,18H,5-7H2,1-4H3. The third-order valence-corrected chi connectivity index (χ3v) is 4.15. The van der Waals surface area contributed by atoms with Crippen molar-refractivity contribution in [1.82, 2.24) is 5.32 Å². The van der Waals surface area contributed by atoms with Crippen LogP contribution in [0.5, 0.6) is 0 Å². The van der Waals surface area contributed by atoms with Gasteiger partial charge in [0.25, 0.3) is 0 Å². The first kappa shape index (κ1) is 15.5. The second-order valence-electron chi connectivity index (χ2n) is 5.04. The molecule has 0 heterocycles. The average Bonchev–Trinajstić information content (AvgIpc) is 2.38. The number of hydrogen-bond donors (Lipinski definition) is 1. The largest absolute Gasteiger partial charge is 0.307 e. The van der Waals surface area contributed by atoms with Crippen molar-refractivity contribution in [2.45, 2.75) is 59.0 Å². The van der Waals surface area contributed by atoms with Gasteiger partial charge in [-0.25, -0.2) is 0 Å². The molecule has 0 spiro atoms. The lowest BCUT2D eigenvalue weighted by molar-refractivity contribution is 0.319. The van der Waals surface area contributed by atoms with Crippen LogP contribution in [0.4, 0.5) is 0 Å². The summed E-state index contributed by atoms with van der Waals surface area (Å²) in [6.45, 7) is 9.08. The van der Waals surface area contributed by atoms with Gasteiger partial charge in [-0.2, -0.15) is 0 Å². The zero-order valence-corrected chi connectivity index (χ0v) is 12.8. The van der Waals surface area contributed by atoms with Crippen LogP contribution in [0.1, 0.15) is 58.6 Å². The molecule has 102 valence electrons. The Bertz CT molecular complexity index is 329. The van der Waals surface area contributed by atoms with Gasteiger partial charge in [-0.15, -0.1) is 0 Å². The molecule has 0 aromatic heterocycles. The summed E-state index contributed by atoms with van der Waals surface area (Å²) in [4.78, 5) is 0. The molecule has 1 N–H and O–H groups in total. The van der Waals surface area contributed by atoms with Crippen molar-refractivity contribution in [1.29, 1.82) is 0 Å². The Morgan fingerprint density at radius 2 is 1.56 bits per heavy atom. The average molecular weight is 268 g/mol. The van der Waals surface area contributed by atoms with Gasteiger partial charge in [0.2, 0.25) is 0 Å². The quantitative estimate of drug-likeness (QED) is 0.715. The van der Waals surface area contributed by atoms with E-state index >= 15 is 0 Å². The Labute approximate surface area is 117 Å². The van der Waals surface area contributed by atoms with Crippen LogP contribution in [-0.4, -0.2) is 6.04 Å². The molecule has 1 aromatic carbocycles. The minimum absolute atomic E-state index is 0.429. The van der Waals surface area contributed by atoms with E-state index in [1.54, 1.807) is 0 Å². The molecule has 0 radical (unpaired) electrons. The van der Waals surface area contributed by atoms with Crippen LogP contribution in [0.3, 0.4) is 0 Å². The maximum atomic E-state index is 5.94. The highest BCUT2D eigenvalue weighted by atomic mass is 35.5. The van der Waals surface area contributed by atoms with E-state index in [9.17, 15) is 0 Å². The van der Waals surface area contributed by atoms with Crippen molar-refractivity contribution in [3.63, 3.8) is 0 Å². The highest BCUT2D eigenvalue weighted by Crippen LogP contribution is 2.22. The summed E-state index contributed by atoms with van der Waals surface area (Å²) in [6, 6.07) is 9.19. The molecule has 2 atom stereocenters. The van der Waals surface area contributed by atoms with Crippen LogP contribution in [-0.2, 0) is 0 Å². The van der Waals surface area contributed by atoms with E-state index in [0.29, 0.717) is 12.1 Å². The first-order chi connectivity index (χ1) is 8.62. The predicted octanol–water partition coefficient (Wildman–Crippen LogP) is 5.21. The fourth-order valence-corrected chi connectivity index (χ4v) is 2.72. The van der Waals surface area contributed by atoms with Gasteiger partial charge in [-0.05, 0) is 37.0 Å². The van der Waals surface area contributed by atoms with Gasteiger partial charge in [-0.3, -0.25) is 0 Å². The van der Waals surface area contributed by atoms with E-state index in [1.165, 1.54) is 18.4 Å². The summed E-state index contributed by atoms with van der Waals surface area (Å²) in [5.74, 6) is 0.756. The molecule has 1 nitrogen and oxygen atoms in total. The summed E-state index contributed by atoms with van der Waals surface area (Å²) in [5, 5.41) is 4.57. The molecule has 0 saturated carbocycles. The monoisotopic (exact) mass is 267 g/mol. The fraction of sp³-hybridized carbons (Fsp3) is 0.625. The molecule has 2 heteroatoms. The molecule has 1 aromatic rings. The molecule has 0 fully saturated rings. The third-order valence-electron chi connectivity index (χ3n) is 3.90. The van der Waals surface area contributed by atoms with Gasteiger partial charge in [-0.1, -0.05) is 57.3 Å². The van der Waals surface area contributed by atoms with E-state index in [2.05, 4.69) is 45.1 Å². The highest BCUT2D eigenvalue weighted by Gasteiger charge is 2.17. The van der Waals surface area contributed by atoms with Gasteiger partial charge < -0.3 is 5.32 Å². The van der Waals surface area contributed by atoms with Crippen LogP contribution in [0.25, 0.3) is 0 Å². The van der Waals surface area contributed by atoms with Crippen LogP contribution < -0.4 is 5.32 Å². The SMILES string of the molecule is CCC(NC(C)C(CC)CC)c1ccc(Cl)cc1. The molecule has 1 rings (SSSR count). The van der Waals surface area contributed by atoms with Crippen LogP contribution >= 0.6 is 11.6 Å². The van der Waals surface area contributed by atoms with E-state index in [4.69, 9.17) is 11.6 Å². The normalized spacial score (nSPS) is 14.8. The summed E-state index contributed by atoms with van der Waals surface area (Å²) in [6.07, 6.45) is 3.58.